The van der Waals surface area contributed by atoms with Gasteiger partial charge in [-0.25, -0.2) is 4.79 Å². The summed E-state index contributed by atoms with van der Waals surface area (Å²) in [6.45, 7) is 3.46. The van der Waals surface area contributed by atoms with Gasteiger partial charge in [-0.1, -0.05) is 45.7 Å². The van der Waals surface area contributed by atoms with Crippen LogP contribution in [0.15, 0.2) is 46.9 Å². The zero-order chi connectivity index (χ0) is 17.9. The molecule has 0 saturated carbocycles. The van der Waals surface area contributed by atoms with E-state index >= 15 is 0 Å². The predicted octanol–water partition coefficient (Wildman–Crippen LogP) is 3.75. The van der Waals surface area contributed by atoms with Gasteiger partial charge in [0.1, 0.15) is 12.5 Å². The van der Waals surface area contributed by atoms with Crippen molar-refractivity contribution in [3.63, 3.8) is 0 Å². The topological polar surface area (TPSA) is 81.5 Å². The summed E-state index contributed by atoms with van der Waals surface area (Å²) >= 11 is 9.44. The van der Waals surface area contributed by atoms with Gasteiger partial charge in [-0.15, -0.1) is 0 Å². The monoisotopic (exact) mass is 414 g/mol. The van der Waals surface area contributed by atoms with Crippen molar-refractivity contribution in [2.45, 2.75) is 19.8 Å². The summed E-state index contributed by atoms with van der Waals surface area (Å²) in [5, 5.41) is 15.4. The Balaban J connectivity index is 2.62. The lowest BCUT2D eigenvalue weighted by molar-refractivity contribution is -0.431. The maximum Gasteiger partial charge on any atom is 0.337 e. The third-order valence-corrected chi connectivity index (χ3v) is 4.34. The van der Waals surface area contributed by atoms with Crippen molar-refractivity contribution < 1.29 is 14.5 Å². The van der Waals surface area contributed by atoms with E-state index in [1.165, 1.54) is 0 Å². The SMILES string of the molecule is CC1=C(C(=O)OCCBr)C(c2ccccc2Cl)C([N+](=O)[O-])=C(C)N1. The van der Waals surface area contributed by atoms with Crippen molar-refractivity contribution in [3.05, 3.63) is 67.6 Å². The zero-order valence-electron chi connectivity index (χ0n) is 13.1. The fraction of sp³-hybridized carbons (Fsp3) is 0.312. The summed E-state index contributed by atoms with van der Waals surface area (Å²) < 4.78 is 5.18. The number of nitro groups is 1. The molecule has 1 aliphatic heterocycles. The number of hydrogen-bond donors (Lipinski definition) is 1. The Morgan fingerprint density at radius 3 is 2.62 bits per heavy atom. The maximum absolute atomic E-state index is 12.5. The van der Waals surface area contributed by atoms with Crippen molar-refractivity contribution in [1.29, 1.82) is 0 Å². The number of carbonyl (C=O) groups is 1. The molecular formula is C16H16BrClN2O4. The summed E-state index contributed by atoms with van der Waals surface area (Å²) in [5.74, 6) is -1.49. The molecular weight excluding hydrogens is 400 g/mol. The van der Waals surface area contributed by atoms with E-state index in [0.717, 1.165) is 0 Å². The van der Waals surface area contributed by atoms with Gasteiger partial charge in [-0.3, -0.25) is 10.1 Å². The molecule has 0 spiro atoms. The molecule has 0 bridgehead atoms. The number of dihydropyridines is 1. The number of nitrogens with zero attached hydrogens (tertiary/aromatic N) is 1. The minimum absolute atomic E-state index is 0.112. The van der Waals surface area contributed by atoms with Crippen LogP contribution in [0.2, 0.25) is 5.02 Å². The van der Waals surface area contributed by atoms with Crippen LogP contribution in [-0.4, -0.2) is 22.8 Å². The van der Waals surface area contributed by atoms with Gasteiger partial charge in [0.15, 0.2) is 0 Å². The van der Waals surface area contributed by atoms with Crippen LogP contribution in [0.1, 0.15) is 25.3 Å². The third-order valence-electron chi connectivity index (χ3n) is 3.67. The summed E-state index contributed by atoms with van der Waals surface area (Å²) in [6, 6.07) is 6.78. The van der Waals surface area contributed by atoms with E-state index in [1.807, 2.05) is 0 Å². The molecule has 0 aliphatic carbocycles. The van der Waals surface area contributed by atoms with Crippen LogP contribution in [0.4, 0.5) is 0 Å². The second-order valence-electron chi connectivity index (χ2n) is 5.21. The molecule has 0 saturated heterocycles. The number of benzene rings is 1. The van der Waals surface area contributed by atoms with Gasteiger partial charge in [0.05, 0.1) is 16.2 Å². The molecule has 1 heterocycles. The van der Waals surface area contributed by atoms with Crippen molar-refractivity contribution in [2.24, 2.45) is 0 Å². The Hall–Kier alpha value is -1.86. The lowest BCUT2D eigenvalue weighted by atomic mass is 9.84. The summed E-state index contributed by atoms with van der Waals surface area (Å²) in [4.78, 5) is 23.7. The first-order chi connectivity index (χ1) is 11.4. The number of alkyl halides is 1. The molecule has 1 aliphatic rings. The first-order valence-electron chi connectivity index (χ1n) is 7.19. The first kappa shape index (κ1) is 18.5. The van der Waals surface area contributed by atoms with E-state index in [0.29, 0.717) is 27.3 Å². The van der Waals surface area contributed by atoms with E-state index in [4.69, 9.17) is 16.3 Å². The van der Waals surface area contributed by atoms with Crippen LogP contribution in [-0.2, 0) is 9.53 Å². The minimum atomic E-state index is -0.891. The maximum atomic E-state index is 12.5. The second kappa shape index (κ2) is 7.81. The number of nitrogens with one attached hydrogen (secondary N) is 1. The molecule has 2 rings (SSSR count). The molecule has 1 atom stereocenters. The molecule has 8 heteroatoms. The normalized spacial score (nSPS) is 17.6. The third kappa shape index (κ3) is 3.62. The van der Waals surface area contributed by atoms with Crippen LogP contribution in [0.3, 0.4) is 0 Å². The van der Waals surface area contributed by atoms with Gasteiger partial charge < -0.3 is 10.1 Å². The Morgan fingerprint density at radius 2 is 2.04 bits per heavy atom. The van der Waals surface area contributed by atoms with Crippen molar-refractivity contribution in [2.75, 3.05) is 11.9 Å². The molecule has 0 aromatic heterocycles. The van der Waals surface area contributed by atoms with Gasteiger partial charge >= 0.3 is 5.97 Å². The molecule has 1 N–H and O–H groups in total. The largest absolute Gasteiger partial charge is 0.461 e. The highest BCUT2D eigenvalue weighted by Crippen LogP contribution is 2.41. The fourth-order valence-corrected chi connectivity index (χ4v) is 3.12. The van der Waals surface area contributed by atoms with Crippen LogP contribution in [0, 0.1) is 10.1 Å². The van der Waals surface area contributed by atoms with Crippen molar-refractivity contribution in [1.82, 2.24) is 5.32 Å². The highest BCUT2D eigenvalue weighted by molar-refractivity contribution is 9.09. The van der Waals surface area contributed by atoms with Crippen LogP contribution < -0.4 is 5.32 Å². The van der Waals surface area contributed by atoms with Gasteiger partial charge in [-0.2, -0.15) is 0 Å². The van der Waals surface area contributed by atoms with Gasteiger partial charge in [-0.05, 0) is 25.5 Å². The van der Waals surface area contributed by atoms with Gasteiger partial charge in [0.2, 0.25) is 0 Å². The van der Waals surface area contributed by atoms with E-state index in [9.17, 15) is 14.9 Å². The molecule has 0 amide bonds. The lowest BCUT2D eigenvalue weighted by Crippen LogP contribution is -2.32. The highest BCUT2D eigenvalue weighted by Gasteiger charge is 2.41. The standard InChI is InChI=1S/C16H16BrClN2O4/c1-9-13(16(21)24-8-7-17)14(11-5-3-4-6-12(11)18)15(20(22)23)10(2)19-9/h3-6,14,19H,7-8H2,1-2H3. The molecule has 1 aromatic rings. The van der Waals surface area contributed by atoms with E-state index in [-0.39, 0.29) is 17.9 Å². The Bertz CT molecular complexity index is 745. The number of carbonyl (C=O) groups excluding carboxylic acids is 1. The van der Waals surface area contributed by atoms with Gasteiger partial charge in [0.25, 0.3) is 5.70 Å². The second-order valence-corrected chi connectivity index (χ2v) is 6.41. The van der Waals surface area contributed by atoms with Crippen LogP contribution >= 0.6 is 27.5 Å². The smallest absolute Gasteiger partial charge is 0.337 e. The number of ether oxygens (including phenoxy) is 1. The van der Waals surface area contributed by atoms with Crippen molar-refractivity contribution >= 4 is 33.5 Å². The molecule has 24 heavy (non-hydrogen) atoms. The Morgan fingerprint density at radius 1 is 1.38 bits per heavy atom. The molecule has 6 nitrogen and oxygen atoms in total. The van der Waals surface area contributed by atoms with E-state index in [2.05, 4.69) is 21.2 Å². The van der Waals surface area contributed by atoms with E-state index < -0.39 is 16.8 Å². The Labute approximate surface area is 152 Å². The molecule has 0 fully saturated rings. The summed E-state index contributed by atoms with van der Waals surface area (Å²) in [7, 11) is 0. The average Bonchev–Trinajstić information content (AvgIpc) is 2.52. The van der Waals surface area contributed by atoms with Gasteiger partial charge in [0, 0.05) is 16.0 Å². The summed E-state index contributed by atoms with van der Waals surface area (Å²) in [6.07, 6.45) is 0. The first-order valence-corrected chi connectivity index (χ1v) is 8.68. The minimum Gasteiger partial charge on any atom is -0.461 e. The molecule has 128 valence electrons. The number of esters is 1. The van der Waals surface area contributed by atoms with E-state index in [1.54, 1.807) is 38.1 Å². The number of halogens is 2. The molecule has 1 unspecified atom stereocenters. The average molecular weight is 416 g/mol. The quantitative estimate of drug-likeness (QED) is 0.343. The molecule has 0 radical (unpaired) electrons. The Kier molecular flexibility index (Phi) is 6.01. The lowest BCUT2D eigenvalue weighted by Gasteiger charge is -2.27. The highest BCUT2D eigenvalue weighted by atomic mass is 79.9. The van der Waals surface area contributed by atoms with Crippen molar-refractivity contribution in [3.8, 4) is 0 Å². The number of rotatable bonds is 5. The fourth-order valence-electron chi connectivity index (χ4n) is 2.72. The number of hydrogen-bond acceptors (Lipinski definition) is 5. The summed E-state index contributed by atoms with van der Waals surface area (Å²) in [5.41, 5.74) is 1.47. The predicted molar refractivity (Wildman–Crippen MR) is 94.5 cm³/mol. The van der Waals surface area contributed by atoms with Crippen LogP contribution in [0.25, 0.3) is 0 Å². The van der Waals surface area contributed by atoms with Crippen LogP contribution in [0.5, 0.6) is 0 Å². The molecule has 1 aromatic carbocycles. The zero-order valence-corrected chi connectivity index (χ0v) is 15.5. The number of allylic oxidation sites excluding steroid dienone is 3.